The minimum absolute atomic E-state index is 0.566. The molecule has 0 radical (unpaired) electrons. The zero-order valence-corrected chi connectivity index (χ0v) is 10.3. The van der Waals surface area contributed by atoms with E-state index in [1.54, 1.807) is 13.2 Å². The molecule has 0 atom stereocenters. The van der Waals surface area contributed by atoms with Gasteiger partial charge in [-0.05, 0) is 25.5 Å². The maximum absolute atomic E-state index is 5.13. The van der Waals surface area contributed by atoms with Gasteiger partial charge in [-0.25, -0.2) is 9.97 Å². The summed E-state index contributed by atoms with van der Waals surface area (Å²) >= 11 is 0. The topological polar surface area (TPSA) is 47.9 Å². The highest BCUT2D eigenvalue weighted by Crippen LogP contribution is 2.17. The van der Waals surface area contributed by atoms with Gasteiger partial charge >= 0.3 is 0 Å². The molecule has 4 heteroatoms. The number of aryl methyl sites for hydroxylation is 2. The van der Waals surface area contributed by atoms with Crippen LogP contribution in [0.2, 0.25) is 0 Å². The van der Waals surface area contributed by atoms with Crippen molar-refractivity contribution < 1.29 is 4.74 Å². The average Bonchev–Trinajstić information content (AvgIpc) is 2.38. The SMILES string of the molecule is CCc1cccc(-c2nc(C)cc(OC)n2)n1. The summed E-state index contributed by atoms with van der Waals surface area (Å²) in [4.78, 5) is 13.2. The molecule has 2 rings (SSSR count). The lowest BCUT2D eigenvalue weighted by molar-refractivity contribution is 0.397. The van der Waals surface area contributed by atoms with Crippen LogP contribution in [0.15, 0.2) is 24.3 Å². The van der Waals surface area contributed by atoms with Gasteiger partial charge in [0.1, 0.15) is 5.69 Å². The van der Waals surface area contributed by atoms with Crippen molar-refractivity contribution in [3.05, 3.63) is 35.7 Å². The van der Waals surface area contributed by atoms with Crippen LogP contribution in [0.1, 0.15) is 18.3 Å². The smallest absolute Gasteiger partial charge is 0.216 e. The van der Waals surface area contributed by atoms with Gasteiger partial charge in [0.15, 0.2) is 5.82 Å². The zero-order valence-electron chi connectivity index (χ0n) is 10.3. The lowest BCUT2D eigenvalue weighted by Crippen LogP contribution is -1.98. The Labute approximate surface area is 101 Å². The molecule has 0 unspecified atom stereocenters. The van der Waals surface area contributed by atoms with Gasteiger partial charge in [-0.3, -0.25) is 0 Å². The third kappa shape index (κ3) is 2.58. The summed E-state index contributed by atoms with van der Waals surface area (Å²) < 4.78 is 5.13. The second kappa shape index (κ2) is 4.91. The molecule has 0 saturated carbocycles. The predicted octanol–water partition coefficient (Wildman–Crippen LogP) is 2.42. The molecule has 0 bridgehead atoms. The van der Waals surface area contributed by atoms with E-state index in [9.17, 15) is 0 Å². The van der Waals surface area contributed by atoms with Gasteiger partial charge in [0.2, 0.25) is 5.88 Å². The Bertz CT molecular complexity index is 526. The highest BCUT2D eigenvalue weighted by atomic mass is 16.5. The zero-order chi connectivity index (χ0) is 12.3. The summed E-state index contributed by atoms with van der Waals surface area (Å²) in [6, 6.07) is 7.68. The van der Waals surface area contributed by atoms with Crippen LogP contribution >= 0.6 is 0 Å². The standard InChI is InChI=1S/C13H15N3O/c1-4-10-6-5-7-11(15-10)13-14-9(2)8-12(16-13)17-3/h5-8H,4H2,1-3H3. The van der Waals surface area contributed by atoms with E-state index in [0.717, 1.165) is 23.5 Å². The first-order valence-corrected chi connectivity index (χ1v) is 5.59. The number of aromatic nitrogens is 3. The summed E-state index contributed by atoms with van der Waals surface area (Å²) in [6.45, 7) is 3.99. The molecule has 0 N–H and O–H groups in total. The van der Waals surface area contributed by atoms with Crippen molar-refractivity contribution in [3.63, 3.8) is 0 Å². The molecule has 0 saturated heterocycles. The predicted molar refractivity (Wildman–Crippen MR) is 65.9 cm³/mol. The van der Waals surface area contributed by atoms with Crippen LogP contribution in [0, 0.1) is 6.92 Å². The van der Waals surface area contributed by atoms with E-state index in [2.05, 4.69) is 21.9 Å². The fourth-order valence-corrected chi connectivity index (χ4v) is 1.56. The van der Waals surface area contributed by atoms with Crippen LogP contribution < -0.4 is 4.74 Å². The van der Waals surface area contributed by atoms with Crippen LogP contribution in [0.3, 0.4) is 0 Å². The van der Waals surface area contributed by atoms with Gasteiger partial charge in [-0.1, -0.05) is 13.0 Å². The molecule has 17 heavy (non-hydrogen) atoms. The Morgan fingerprint density at radius 2 is 2.00 bits per heavy atom. The molecular weight excluding hydrogens is 214 g/mol. The lowest BCUT2D eigenvalue weighted by atomic mass is 10.2. The van der Waals surface area contributed by atoms with Crippen LogP contribution in [0.5, 0.6) is 5.88 Å². The maximum Gasteiger partial charge on any atom is 0.216 e. The fraction of sp³-hybridized carbons (Fsp3) is 0.308. The first-order chi connectivity index (χ1) is 8.22. The van der Waals surface area contributed by atoms with Crippen molar-refractivity contribution in [3.8, 4) is 17.4 Å². The van der Waals surface area contributed by atoms with E-state index < -0.39 is 0 Å². The highest BCUT2D eigenvalue weighted by molar-refractivity contribution is 5.50. The van der Waals surface area contributed by atoms with Crippen LogP contribution in [0.4, 0.5) is 0 Å². The average molecular weight is 229 g/mol. The van der Waals surface area contributed by atoms with Gasteiger partial charge in [-0.2, -0.15) is 4.98 Å². The molecule has 0 aliphatic heterocycles. The monoisotopic (exact) mass is 229 g/mol. The van der Waals surface area contributed by atoms with Crippen molar-refractivity contribution in [2.75, 3.05) is 7.11 Å². The van der Waals surface area contributed by atoms with Crippen LogP contribution in [0.25, 0.3) is 11.5 Å². The third-order valence-electron chi connectivity index (χ3n) is 2.44. The van der Waals surface area contributed by atoms with Crippen molar-refractivity contribution in [2.24, 2.45) is 0 Å². The number of hydrogen-bond donors (Lipinski definition) is 0. The molecule has 2 heterocycles. The van der Waals surface area contributed by atoms with Gasteiger partial charge in [0, 0.05) is 17.5 Å². The Balaban J connectivity index is 2.47. The van der Waals surface area contributed by atoms with Gasteiger partial charge in [0.05, 0.1) is 7.11 Å². The summed E-state index contributed by atoms with van der Waals surface area (Å²) in [6.07, 6.45) is 0.900. The number of hydrogen-bond acceptors (Lipinski definition) is 4. The van der Waals surface area contributed by atoms with Gasteiger partial charge in [-0.15, -0.1) is 0 Å². The van der Waals surface area contributed by atoms with Gasteiger partial charge < -0.3 is 4.74 Å². The number of ether oxygens (including phenoxy) is 1. The molecule has 0 aliphatic rings. The number of rotatable bonds is 3. The number of nitrogens with zero attached hydrogens (tertiary/aromatic N) is 3. The molecule has 2 aromatic rings. The van der Waals surface area contributed by atoms with E-state index in [1.165, 1.54) is 0 Å². The number of methoxy groups -OCH3 is 1. The Morgan fingerprint density at radius 3 is 2.71 bits per heavy atom. The van der Waals surface area contributed by atoms with E-state index in [0.29, 0.717) is 11.7 Å². The summed E-state index contributed by atoms with van der Waals surface area (Å²) in [5.41, 5.74) is 2.69. The molecule has 0 aromatic carbocycles. The van der Waals surface area contributed by atoms with E-state index in [1.807, 2.05) is 25.1 Å². The first kappa shape index (κ1) is 11.5. The quantitative estimate of drug-likeness (QED) is 0.811. The van der Waals surface area contributed by atoms with E-state index in [4.69, 9.17) is 4.74 Å². The van der Waals surface area contributed by atoms with E-state index in [-0.39, 0.29) is 0 Å². The van der Waals surface area contributed by atoms with Crippen molar-refractivity contribution >= 4 is 0 Å². The van der Waals surface area contributed by atoms with Crippen LogP contribution in [-0.2, 0) is 6.42 Å². The second-order valence-electron chi connectivity index (χ2n) is 3.74. The third-order valence-corrected chi connectivity index (χ3v) is 2.44. The molecule has 0 spiro atoms. The molecular formula is C13H15N3O. The second-order valence-corrected chi connectivity index (χ2v) is 3.74. The first-order valence-electron chi connectivity index (χ1n) is 5.59. The van der Waals surface area contributed by atoms with Crippen molar-refractivity contribution in [2.45, 2.75) is 20.3 Å². The van der Waals surface area contributed by atoms with Gasteiger partial charge in [0.25, 0.3) is 0 Å². The summed E-state index contributed by atoms with van der Waals surface area (Å²) in [5, 5.41) is 0. The molecule has 0 amide bonds. The van der Waals surface area contributed by atoms with Crippen LogP contribution in [-0.4, -0.2) is 22.1 Å². The summed E-state index contributed by atoms with van der Waals surface area (Å²) in [7, 11) is 1.60. The Kier molecular flexibility index (Phi) is 3.32. The molecule has 2 aromatic heterocycles. The normalized spacial score (nSPS) is 10.3. The highest BCUT2D eigenvalue weighted by Gasteiger charge is 2.06. The van der Waals surface area contributed by atoms with E-state index >= 15 is 0 Å². The molecule has 0 fully saturated rings. The van der Waals surface area contributed by atoms with Crippen molar-refractivity contribution in [1.29, 1.82) is 0 Å². The molecule has 88 valence electrons. The molecule has 4 nitrogen and oxygen atoms in total. The maximum atomic E-state index is 5.13. The summed E-state index contributed by atoms with van der Waals surface area (Å²) in [5.74, 6) is 1.17. The minimum atomic E-state index is 0.566. The Morgan fingerprint density at radius 1 is 1.18 bits per heavy atom. The molecule has 0 aliphatic carbocycles. The Hall–Kier alpha value is -1.97. The minimum Gasteiger partial charge on any atom is -0.481 e. The fourth-order valence-electron chi connectivity index (χ4n) is 1.56. The lowest BCUT2D eigenvalue weighted by Gasteiger charge is -2.05. The van der Waals surface area contributed by atoms with Crippen molar-refractivity contribution in [1.82, 2.24) is 15.0 Å². The number of pyridine rings is 1. The largest absolute Gasteiger partial charge is 0.481 e.